The Morgan fingerprint density at radius 1 is 1.44 bits per heavy atom. The number of fused-ring (bicyclic) bond motifs is 1. The van der Waals surface area contributed by atoms with E-state index in [9.17, 15) is 4.79 Å². The SMILES string of the molecule is CC1(C)[C@]2(C(Br)Br)CC[C@@]1(C(=O)NN)[C@@H]2Br. The van der Waals surface area contributed by atoms with Gasteiger partial charge in [0.05, 0.1) is 9.15 Å². The van der Waals surface area contributed by atoms with Gasteiger partial charge in [0.1, 0.15) is 0 Å². The lowest BCUT2D eigenvalue weighted by molar-refractivity contribution is -0.161. The number of carbonyl (C=O) groups is 1. The number of rotatable bonds is 2. The summed E-state index contributed by atoms with van der Waals surface area (Å²) in [5.41, 5.74) is 1.95. The molecular formula is C10H15Br3N2O. The Balaban J connectivity index is 2.46. The van der Waals surface area contributed by atoms with E-state index in [-0.39, 0.29) is 30.7 Å². The smallest absolute Gasteiger partial charge is 0.241 e. The topological polar surface area (TPSA) is 55.1 Å². The first-order valence-electron chi connectivity index (χ1n) is 5.22. The number of nitrogens with two attached hydrogens (primary N) is 1. The van der Waals surface area contributed by atoms with Crippen molar-refractivity contribution in [2.45, 2.75) is 35.3 Å². The van der Waals surface area contributed by atoms with E-state index in [2.05, 4.69) is 67.1 Å². The maximum Gasteiger partial charge on any atom is 0.241 e. The maximum absolute atomic E-state index is 12.1. The molecule has 3 fully saturated rings. The summed E-state index contributed by atoms with van der Waals surface area (Å²) in [6.07, 6.45) is 1.90. The Bertz CT molecular complexity index is 347. The van der Waals surface area contributed by atoms with E-state index in [1.165, 1.54) is 0 Å². The summed E-state index contributed by atoms with van der Waals surface area (Å²) in [7, 11) is 0. The summed E-state index contributed by atoms with van der Waals surface area (Å²) in [6.45, 7) is 4.31. The predicted molar refractivity (Wildman–Crippen MR) is 74.6 cm³/mol. The molecule has 0 saturated heterocycles. The summed E-state index contributed by atoms with van der Waals surface area (Å²) in [5, 5.41) is 0. The molecule has 1 amide bonds. The lowest BCUT2D eigenvalue weighted by Gasteiger charge is -2.65. The zero-order chi connectivity index (χ0) is 12.4. The second kappa shape index (κ2) is 3.68. The molecule has 3 N–H and O–H groups in total. The van der Waals surface area contributed by atoms with Crippen LogP contribution in [0, 0.1) is 16.2 Å². The zero-order valence-electron chi connectivity index (χ0n) is 9.19. The van der Waals surface area contributed by atoms with Crippen LogP contribution in [0.1, 0.15) is 26.7 Å². The number of nitrogens with one attached hydrogen (secondary N) is 1. The fourth-order valence-electron chi connectivity index (χ4n) is 3.83. The van der Waals surface area contributed by atoms with Gasteiger partial charge in [-0.2, -0.15) is 0 Å². The highest BCUT2D eigenvalue weighted by molar-refractivity contribution is 9.24. The van der Waals surface area contributed by atoms with Crippen molar-refractivity contribution in [1.82, 2.24) is 5.43 Å². The number of alkyl halides is 3. The van der Waals surface area contributed by atoms with E-state index in [1.54, 1.807) is 0 Å². The van der Waals surface area contributed by atoms with Gasteiger partial charge in [0.2, 0.25) is 5.91 Å². The quantitative estimate of drug-likeness (QED) is 0.313. The third kappa shape index (κ3) is 1.06. The molecule has 92 valence electrons. The lowest BCUT2D eigenvalue weighted by atomic mass is 9.43. The normalized spacial score (nSPS) is 44.3. The first-order valence-corrected chi connectivity index (χ1v) is 7.97. The van der Waals surface area contributed by atoms with E-state index in [0.717, 1.165) is 12.8 Å². The van der Waals surface area contributed by atoms with Crippen LogP contribution >= 0.6 is 47.8 Å². The average Bonchev–Trinajstić information content (AvgIpc) is 2.66. The lowest BCUT2D eigenvalue weighted by Crippen LogP contribution is -2.72. The summed E-state index contributed by atoms with van der Waals surface area (Å²) < 4.78 is 0.202. The van der Waals surface area contributed by atoms with E-state index < -0.39 is 0 Å². The van der Waals surface area contributed by atoms with Gasteiger partial charge in [-0.15, -0.1) is 0 Å². The molecule has 0 aliphatic heterocycles. The molecule has 0 aromatic heterocycles. The van der Waals surface area contributed by atoms with Crippen molar-refractivity contribution in [3.05, 3.63) is 0 Å². The molecule has 3 aliphatic carbocycles. The minimum atomic E-state index is -0.373. The van der Waals surface area contributed by atoms with Gasteiger partial charge in [0.15, 0.2) is 0 Å². The summed E-state index contributed by atoms with van der Waals surface area (Å²) in [6, 6.07) is 0. The third-order valence-electron chi connectivity index (χ3n) is 5.02. The van der Waals surface area contributed by atoms with Crippen molar-refractivity contribution < 1.29 is 4.79 Å². The number of hydrogen-bond acceptors (Lipinski definition) is 2. The van der Waals surface area contributed by atoms with Gasteiger partial charge in [-0.1, -0.05) is 61.6 Å². The Labute approximate surface area is 121 Å². The van der Waals surface area contributed by atoms with Crippen molar-refractivity contribution in [1.29, 1.82) is 0 Å². The monoisotopic (exact) mass is 416 g/mol. The van der Waals surface area contributed by atoms with Crippen molar-refractivity contribution >= 4 is 53.7 Å². The van der Waals surface area contributed by atoms with E-state index >= 15 is 0 Å². The standard InChI is InChI=1S/C10H15Br3N2O/c1-8(2)9(6(12)13)3-4-10(8,5(9)11)7(16)15-14/h5-6H,3-4,14H2,1-2H3,(H,15,16)/t5-,9-,10+/m1/s1. The molecule has 6 heteroatoms. The molecule has 0 radical (unpaired) electrons. The van der Waals surface area contributed by atoms with Gasteiger partial charge in [-0.3, -0.25) is 10.2 Å². The predicted octanol–water partition coefficient (Wildman–Crippen LogP) is 2.66. The Hall–Kier alpha value is 0.870. The third-order valence-corrected chi connectivity index (χ3v) is 8.26. The number of amides is 1. The molecule has 0 heterocycles. The molecule has 3 saturated carbocycles. The molecule has 3 atom stereocenters. The van der Waals surface area contributed by atoms with Gasteiger partial charge in [-0.05, 0) is 18.3 Å². The molecule has 0 aromatic rings. The number of carbonyl (C=O) groups excluding carboxylic acids is 1. The summed E-state index contributed by atoms with van der Waals surface area (Å²) >= 11 is 11.0. The van der Waals surface area contributed by atoms with Gasteiger partial charge >= 0.3 is 0 Å². The largest absolute Gasteiger partial charge is 0.294 e. The van der Waals surface area contributed by atoms with Crippen molar-refractivity contribution in [3.8, 4) is 0 Å². The first-order chi connectivity index (χ1) is 7.29. The van der Waals surface area contributed by atoms with Crippen LogP contribution in [0.2, 0.25) is 0 Å². The van der Waals surface area contributed by atoms with Crippen LogP contribution in [0.5, 0.6) is 0 Å². The van der Waals surface area contributed by atoms with Crippen molar-refractivity contribution in [3.63, 3.8) is 0 Å². The molecule has 3 nitrogen and oxygen atoms in total. The fraction of sp³-hybridized carbons (Fsp3) is 0.900. The minimum Gasteiger partial charge on any atom is -0.294 e. The van der Waals surface area contributed by atoms with E-state index in [0.29, 0.717) is 0 Å². The number of hydrogen-bond donors (Lipinski definition) is 2. The van der Waals surface area contributed by atoms with Gasteiger partial charge in [-0.25, -0.2) is 5.84 Å². The number of hydrazine groups is 1. The molecule has 0 unspecified atom stereocenters. The Morgan fingerprint density at radius 3 is 2.31 bits per heavy atom. The van der Waals surface area contributed by atoms with Crippen molar-refractivity contribution in [2.75, 3.05) is 0 Å². The van der Waals surface area contributed by atoms with Crippen LogP contribution in [0.25, 0.3) is 0 Å². The van der Waals surface area contributed by atoms with Crippen LogP contribution in [0.4, 0.5) is 0 Å². The van der Waals surface area contributed by atoms with Crippen LogP contribution in [-0.4, -0.2) is 14.5 Å². The first kappa shape index (κ1) is 13.3. The summed E-state index contributed by atoms with van der Waals surface area (Å²) in [4.78, 5) is 12.2. The maximum atomic E-state index is 12.1. The minimum absolute atomic E-state index is 0.0480. The van der Waals surface area contributed by atoms with Crippen LogP contribution in [-0.2, 0) is 4.79 Å². The number of halogens is 3. The molecule has 0 spiro atoms. The second-order valence-corrected chi connectivity index (χ2v) is 9.25. The van der Waals surface area contributed by atoms with Gasteiger partial charge in [0, 0.05) is 10.2 Å². The second-order valence-electron chi connectivity index (χ2n) is 5.27. The fourth-order valence-corrected chi connectivity index (χ4v) is 8.74. The highest BCUT2D eigenvalue weighted by atomic mass is 79.9. The van der Waals surface area contributed by atoms with Crippen LogP contribution in [0.3, 0.4) is 0 Å². The molecule has 16 heavy (non-hydrogen) atoms. The molecule has 3 aliphatic rings. The molecule has 2 bridgehead atoms. The highest BCUT2D eigenvalue weighted by Crippen LogP contribution is 2.82. The van der Waals surface area contributed by atoms with Gasteiger partial charge in [0.25, 0.3) is 0 Å². The van der Waals surface area contributed by atoms with E-state index in [1.807, 2.05) is 0 Å². The summed E-state index contributed by atoms with van der Waals surface area (Å²) in [5.74, 6) is 5.27. The average molecular weight is 419 g/mol. The zero-order valence-corrected chi connectivity index (χ0v) is 13.9. The van der Waals surface area contributed by atoms with Gasteiger partial charge < -0.3 is 0 Å². The molecular weight excluding hydrogens is 404 g/mol. The Morgan fingerprint density at radius 2 is 2.00 bits per heavy atom. The van der Waals surface area contributed by atoms with Crippen LogP contribution < -0.4 is 11.3 Å². The van der Waals surface area contributed by atoms with E-state index in [4.69, 9.17) is 5.84 Å². The molecule has 3 rings (SSSR count). The highest BCUT2D eigenvalue weighted by Gasteiger charge is 2.83. The Kier molecular flexibility index (Phi) is 3.06. The molecule has 0 aromatic carbocycles. The van der Waals surface area contributed by atoms with Crippen LogP contribution in [0.15, 0.2) is 0 Å². The van der Waals surface area contributed by atoms with Crippen molar-refractivity contribution in [2.24, 2.45) is 22.1 Å².